The van der Waals surface area contributed by atoms with Crippen molar-refractivity contribution >= 4 is 37.6 Å². The fourth-order valence-corrected chi connectivity index (χ4v) is 1.21. The number of carbonyl (C=O) groups is 1. The molecule has 1 aromatic rings. The van der Waals surface area contributed by atoms with E-state index in [0.29, 0.717) is 10.0 Å². The molecule has 62 valence electrons. The lowest BCUT2D eigenvalue weighted by molar-refractivity contribution is 0.104. The highest BCUT2D eigenvalue weighted by atomic mass is 79.9. The summed E-state index contributed by atoms with van der Waals surface area (Å²) in [6.45, 7) is 0. The Hall–Kier alpha value is -0.410. The Bertz CT molecular complexity index is 304. The third-order valence-electron chi connectivity index (χ3n) is 1.35. The molecule has 0 aliphatic carbocycles. The first kappa shape index (κ1) is 9.68. The third kappa shape index (κ3) is 2.29. The molecule has 0 saturated heterocycles. The van der Waals surface area contributed by atoms with Crippen molar-refractivity contribution in [1.82, 2.24) is 0 Å². The van der Waals surface area contributed by atoms with Crippen LogP contribution in [0.25, 0.3) is 0 Å². The van der Waals surface area contributed by atoms with E-state index in [0.717, 1.165) is 0 Å². The Labute approximate surface area is 87.7 Å². The topological polar surface area (TPSA) is 17.1 Å². The second kappa shape index (κ2) is 4.58. The molecule has 0 fully saturated rings. The molecule has 1 aromatic carbocycles. The van der Waals surface area contributed by atoms with Crippen molar-refractivity contribution < 1.29 is 4.79 Å². The smallest absolute Gasteiger partial charge is 0.200 e. The fraction of sp³-hybridized carbons (Fsp3) is 0. The van der Waals surface area contributed by atoms with Gasteiger partial charge in [0.05, 0.1) is 4.48 Å². The van der Waals surface area contributed by atoms with E-state index in [9.17, 15) is 4.79 Å². The van der Waals surface area contributed by atoms with Crippen LogP contribution in [0.4, 0.5) is 0 Å². The zero-order chi connectivity index (χ0) is 8.97. The molecule has 0 heterocycles. The molecular weight excluding hydrogens is 284 g/mol. The predicted molar refractivity (Wildman–Crippen MR) is 56.7 cm³/mol. The summed E-state index contributed by atoms with van der Waals surface area (Å²) >= 11 is 6.23. The van der Waals surface area contributed by atoms with Gasteiger partial charge in [-0.1, -0.05) is 46.3 Å². The minimum atomic E-state index is -0.0209. The van der Waals surface area contributed by atoms with E-state index in [-0.39, 0.29) is 5.78 Å². The molecule has 0 aliphatic heterocycles. The van der Waals surface area contributed by atoms with E-state index in [2.05, 4.69) is 31.9 Å². The number of hydrogen-bond donors (Lipinski definition) is 0. The number of benzene rings is 1. The number of carbonyl (C=O) groups excluding carboxylic acids is 1. The highest BCUT2D eigenvalue weighted by Crippen LogP contribution is 2.14. The van der Waals surface area contributed by atoms with Crippen LogP contribution in [0.3, 0.4) is 0 Å². The Balaban J connectivity index is 2.94. The first-order valence-corrected chi connectivity index (χ1v) is 5.02. The number of hydrogen-bond acceptors (Lipinski definition) is 1. The number of ketones is 1. The van der Waals surface area contributed by atoms with Gasteiger partial charge < -0.3 is 0 Å². The van der Waals surface area contributed by atoms with Gasteiger partial charge in [-0.15, -0.1) is 0 Å². The van der Waals surface area contributed by atoms with Crippen LogP contribution in [0, 0.1) is 0 Å². The van der Waals surface area contributed by atoms with Crippen LogP contribution in [0.1, 0.15) is 10.4 Å². The van der Waals surface area contributed by atoms with Crippen molar-refractivity contribution in [2.75, 3.05) is 0 Å². The molecule has 0 N–H and O–H groups in total. The van der Waals surface area contributed by atoms with E-state index >= 15 is 0 Å². The Morgan fingerprint density at radius 3 is 2.33 bits per heavy atom. The molecule has 12 heavy (non-hydrogen) atoms. The lowest BCUT2D eigenvalue weighted by Gasteiger charge is -1.96. The second-order valence-corrected chi connectivity index (χ2v) is 3.46. The van der Waals surface area contributed by atoms with Crippen LogP contribution in [-0.2, 0) is 0 Å². The van der Waals surface area contributed by atoms with Crippen molar-refractivity contribution in [2.24, 2.45) is 0 Å². The van der Waals surface area contributed by atoms with Crippen LogP contribution in [-0.4, -0.2) is 5.78 Å². The molecule has 0 atom stereocenters. The van der Waals surface area contributed by atoms with Gasteiger partial charge in [-0.2, -0.15) is 0 Å². The molecule has 1 rings (SSSR count). The summed E-state index contributed by atoms with van der Waals surface area (Å²) in [5, 5.41) is 0. The number of halogens is 2. The van der Waals surface area contributed by atoms with Gasteiger partial charge in [0.25, 0.3) is 0 Å². The quantitative estimate of drug-likeness (QED) is 0.602. The molecule has 0 unspecified atom stereocenters. The maximum atomic E-state index is 11.4. The summed E-state index contributed by atoms with van der Waals surface area (Å²) < 4.78 is 0.522. The van der Waals surface area contributed by atoms with Crippen LogP contribution < -0.4 is 0 Å². The summed E-state index contributed by atoms with van der Waals surface area (Å²) in [5.74, 6) is -0.0209. The van der Waals surface area contributed by atoms with Gasteiger partial charge in [0.15, 0.2) is 5.78 Å². The normalized spacial score (nSPS) is 11.3. The standard InChI is InChI=1S/C9H6Br2O/c10-6-8(11)9(12)7-4-2-1-3-5-7/h1-6H. The van der Waals surface area contributed by atoms with Crippen molar-refractivity contribution in [3.8, 4) is 0 Å². The highest BCUT2D eigenvalue weighted by Gasteiger charge is 2.06. The maximum absolute atomic E-state index is 11.4. The van der Waals surface area contributed by atoms with Gasteiger partial charge >= 0.3 is 0 Å². The molecule has 0 spiro atoms. The second-order valence-electron chi connectivity index (χ2n) is 2.15. The van der Waals surface area contributed by atoms with Gasteiger partial charge in [0.1, 0.15) is 0 Å². The molecule has 0 aromatic heterocycles. The number of rotatable bonds is 2. The average Bonchev–Trinajstić information content (AvgIpc) is 2.17. The summed E-state index contributed by atoms with van der Waals surface area (Å²) in [4.78, 5) is 13.0. The Morgan fingerprint density at radius 2 is 1.83 bits per heavy atom. The highest BCUT2D eigenvalue weighted by molar-refractivity contribution is 9.14. The summed E-state index contributed by atoms with van der Waals surface area (Å²) in [6.07, 6.45) is 0. The molecule has 1 nitrogen and oxygen atoms in total. The lowest BCUT2D eigenvalue weighted by atomic mass is 10.1. The SMILES string of the molecule is O=C(C(Br)=CBr)c1ccccc1. The average molecular weight is 290 g/mol. The number of allylic oxidation sites excluding steroid dienone is 1. The molecule has 0 radical (unpaired) electrons. The Kier molecular flexibility index (Phi) is 3.69. The molecule has 0 bridgehead atoms. The number of Topliss-reactive ketones (excluding diaryl/α,β-unsaturated/α-hetero) is 1. The maximum Gasteiger partial charge on any atom is 0.200 e. The van der Waals surface area contributed by atoms with Crippen LogP contribution in [0.2, 0.25) is 0 Å². The zero-order valence-corrected chi connectivity index (χ0v) is 9.30. The lowest BCUT2D eigenvalue weighted by Crippen LogP contribution is -1.96. The van der Waals surface area contributed by atoms with E-state index in [1.165, 1.54) is 0 Å². The molecular formula is C9H6Br2O. The van der Waals surface area contributed by atoms with Crippen molar-refractivity contribution in [3.05, 3.63) is 45.4 Å². The van der Waals surface area contributed by atoms with E-state index in [1.54, 1.807) is 17.1 Å². The first-order chi connectivity index (χ1) is 5.75. The third-order valence-corrected chi connectivity index (χ3v) is 3.01. The summed E-state index contributed by atoms with van der Waals surface area (Å²) in [5.41, 5.74) is 0.681. The van der Waals surface area contributed by atoms with E-state index < -0.39 is 0 Å². The van der Waals surface area contributed by atoms with Gasteiger partial charge in [-0.25, -0.2) is 0 Å². The first-order valence-electron chi connectivity index (χ1n) is 3.31. The van der Waals surface area contributed by atoms with Crippen molar-refractivity contribution in [2.45, 2.75) is 0 Å². The van der Waals surface area contributed by atoms with Gasteiger partial charge in [-0.05, 0) is 20.9 Å². The van der Waals surface area contributed by atoms with Gasteiger partial charge in [0.2, 0.25) is 0 Å². The zero-order valence-electron chi connectivity index (χ0n) is 6.13. The fourth-order valence-electron chi connectivity index (χ4n) is 0.777. The van der Waals surface area contributed by atoms with Gasteiger partial charge in [0, 0.05) is 5.56 Å². The molecule has 0 saturated carbocycles. The largest absolute Gasteiger partial charge is 0.288 e. The van der Waals surface area contributed by atoms with Gasteiger partial charge in [-0.3, -0.25) is 4.79 Å². The van der Waals surface area contributed by atoms with Crippen molar-refractivity contribution in [1.29, 1.82) is 0 Å². The van der Waals surface area contributed by atoms with E-state index in [4.69, 9.17) is 0 Å². The Morgan fingerprint density at radius 1 is 1.25 bits per heavy atom. The van der Waals surface area contributed by atoms with E-state index in [1.807, 2.05) is 18.2 Å². The van der Waals surface area contributed by atoms with Crippen LogP contribution >= 0.6 is 31.9 Å². The monoisotopic (exact) mass is 288 g/mol. The van der Waals surface area contributed by atoms with Crippen molar-refractivity contribution in [3.63, 3.8) is 0 Å². The molecule has 0 aliphatic rings. The molecule has 3 heteroatoms. The summed E-state index contributed by atoms with van der Waals surface area (Å²) in [7, 11) is 0. The minimum Gasteiger partial charge on any atom is -0.288 e. The predicted octanol–water partition coefficient (Wildman–Crippen LogP) is 3.50. The minimum absolute atomic E-state index is 0.0209. The summed E-state index contributed by atoms with van der Waals surface area (Å²) in [6, 6.07) is 9.10. The van der Waals surface area contributed by atoms with Crippen LogP contribution in [0.5, 0.6) is 0 Å². The molecule has 0 amide bonds. The van der Waals surface area contributed by atoms with Crippen LogP contribution in [0.15, 0.2) is 39.8 Å².